The Morgan fingerprint density at radius 1 is 1.18 bits per heavy atom. The topological polar surface area (TPSA) is 110 Å². The smallest absolute Gasteiger partial charge is 0.240 e. The molecule has 3 aromatic rings. The number of anilines is 1. The number of carbonyl (C=O) groups is 1. The van der Waals surface area contributed by atoms with Gasteiger partial charge < -0.3 is 10.1 Å². The number of thiazole rings is 1. The Labute approximate surface area is 208 Å². The summed E-state index contributed by atoms with van der Waals surface area (Å²) in [4.78, 5) is 22.9. The molecule has 8 nitrogen and oxygen atoms in total. The quantitative estimate of drug-likeness (QED) is 0.298. The number of hydrogen-bond donors (Lipinski definition) is 2. The Kier molecular flexibility index (Phi) is 8.15. The lowest BCUT2D eigenvalue weighted by atomic mass is 9.87. The van der Waals surface area contributed by atoms with Crippen LogP contribution < -0.4 is 10.0 Å². The summed E-state index contributed by atoms with van der Waals surface area (Å²) in [5, 5.41) is 3.78. The summed E-state index contributed by atoms with van der Waals surface area (Å²) in [6.45, 7) is 0.476. The van der Waals surface area contributed by atoms with Gasteiger partial charge in [0, 0.05) is 13.7 Å². The average molecular weight is 523 g/mol. The van der Waals surface area contributed by atoms with E-state index in [1.54, 1.807) is 36.4 Å². The molecule has 0 aliphatic heterocycles. The summed E-state index contributed by atoms with van der Waals surface area (Å²) in [7, 11) is -2.13. The van der Waals surface area contributed by atoms with Crippen molar-refractivity contribution >= 4 is 54.3 Å². The zero-order valence-electron chi connectivity index (χ0n) is 18.8. The highest BCUT2D eigenvalue weighted by Crippen LogP contribution is 2.36. The van der Waals surface area contributed by atoms with E-state index in [4.69, 9.17) is 16.3 Å². The van der Waals surface area contributed by atoms with Gasteiger partial charge in [-0.2, -0.15) is 0 Å². The molecule has 4 rings (SSSR count). The third-order valence-corrected chi connectivity index (χ3v) is 8.57. The van der Waals surface area contributed by atoms with Crippen molar-refractivity contribution < 1.29 is 17.9 Å². The number of amides is 1. The number of carbonyl (C=O) groups excluding carboxylic acids is 1. The van der Waals surface area contributed by atoms with Gasteiger partial charge in [0.25, 0.3) is 0 Å². The lowest BCUT2D eigenvalue weighted by Crippen LogP contribution is -2.27. The molecular formula is C23H27ClN4O4S2. The molecule has 1 fully saturated rings. The minimum Gasteiger partial charge on any atom is -0.383 e. The fraction of sp³-hybridized carbons (Fsp3) is 0.435. The van der Waals surface area contributed by atoms with Crippen LogP contribution in [0.2, 0.25) is 5.15 Å². The Morgan fingerprint density at radius 2 is 1.91 bits per heavy atom. The lowest BCUT2D eigenvalue weighted by Gasteiger charge is -2.20. The Bertz CT molecular complexity index is 1240. The predicted molar refractivity (Wildman–Crippen MR) is 134 cm³/mol. The third-order valence-electron chi connectivity index (χ3n) is 6.00. The van der Waals surface area contributed by atoms with Crippen LogP contribution in [0.5, 0.6) is 0 Å². The molecule has 2 heterocycles. The van der Waals surface area contributed by atoms with E-state index < -0.39 is 15.9 Å². The number of nitrogens with zero attached hydrogens (tertiary/aromatic N) is 2. The molecule has 2 aromatic heterocycles. The predicted octanol–water partition coefficient (Wildman–Crippen LogP) is 4.57. The van der Waals surface area contributed by atoms with E-state index in [-0.39, 0.29) is 24.0 Å². The number of hydrogen-bond acceptors (Lipinski definition) is 7. The first kappa shape index (κ1) is 25.0. The zero-order valence-corrected chi connectivity index (χ0v) is 21.2. The molecule has 0 radical (unpaired) electrons. The number of halogens is 1. The normalized spacial score (nSPS) is 15.6. The molecule has 34 heavy (non-hydrogen) atoms. The van der Waals surface area contributed by atoms with E-state index in [9.17, 15) is 13.2 Å². The van der Waals surface area contributed by atoms with Gasteiger partial charge >= 0.3 is 0 Å². The van der Waals surface area contributed by atoms with Crippen LogP contribution >= 0.6 is 22.9 Å². The first-order valence-electron chi connectivity index (χ1n) is 11.2. The maximum atomic E-state index is 13.4. The largest absolute Gasteiger partial charge is 0.383 e. The van der Waals surface area contributed by atoms with Gasteiger partial charge in [0.15, 0.2) is 5.13 Å². The molecule has 0 spiro atoms. The molecule has 1 amide bonds. The van der Waals surface area contributed by atoms with Crippen molar-refractivity contribution in [3.63, 3.8) is 0 Å². The van der Waals surface area contributed by atoms with Gasteiger partial charge in [-0.25, -0.2) is 23.1 Å². The van der Waals surface area contributed by atoms with Crippen molar-refractivity contribution in [2.24, 2.45) is 5.92 Å². The first-order chi connectivity index (χ1) is 16.4. The standard InChI is InChI=1S/C23H27ClN4O4S2/c1-32-13-12-25-34(30,31)17-8-6-16(7-9-17)18(14-15-4-2-3-5-15)21(29)28-23-26-19-10-11-20(24)27-22(19)33-23/h6-11,15,18,25H,2-5,12-14H2,1H3,(H,26,28,29). The molecule has 1 unspecified atom stereocenters. The van der Waals surface area contributed by atoms with Crippen LogP contribution in [0.25, 0.3) is 10.3 Å². The van der Waals surface area contributed by atoms with Crippen LogP contribution in [0.4, 0.5) is 5.13 Å². The van der Waals surface area contributed by atoms with Gasteiger partial charge in [0.2, 0.25) is 15.9 Å². The average Bonchev–Trinajstić information content (AvgIpc) is 3.46. The first-order valence-corrected chi connectivity index (χ1v) is 13.9. The summed E-state index contributed by atoms with van der Waals surface area (Å²) in [6.07, 6.45) is 5.26. The van der Waals surface area contributed by atoms with Crippen molar-refractivity contribution in [2.45, 2.75) is 42.9 Å². The third kappa shape index (κ3) is 6.11. The number of methoxy groups -OCH3 is 1. The molecule has 2 N–H and O–H groups in total. The lowest BCUT2D eigenvalue weighted by molar-refractivity contribution is -0.118. The van der Waals surface area contributed by atoms with Gasteiger partial charge in [-0.05, 0) is 42.2 Å². The highest BCUT2D eigenvalue weighted by molar-refractivity contribution is 7.89. The molecule has 182 valence electrons. The number of pyridine rings is 1. The van der Waals surface area contributed by atoms with Crippen molar-refractivity contribution in [1.29, 1.82) is 0 Å². The van der Waals surface area contributed by atoms with Gasteiger partial charge in [-0.3, -0.25) is 4.79 Å². The molecule has 1 aromatic carbocycles. The molecule has 1 atom stereocenters. The van der Waals surface area contributed by atoms with E-state index >= 15 is 0 Å². The number of rotatable bonds is 10. The number of benzene rings is 1. The van der Waals surface area contributed by atoms with Crippen LogP contribution in [0, 0.1) is 5.92 Å². The fourth-order valence-corrected chi connectivity index (χ4v) is 6.31. The molecule has 0 bridgehead atoms. The maximum Gasteiger partial charge on any atom is 0.240 e. The highest BCUT2D eigenvalue weighted by Gasteiger charge is 2.28. The van der Waals surface area contributed by atoms with Crippen molar-refractivity contribution in [3.05, 3.63) is 47.1 Å². The molecule has 1 aliphatic rings. The number of fused-ring (bicyclic) bond motifs is 1. The maximum absolute atomic E-state index is 13.4. The Hall–Kier alpha value is -2.11. The SMILES string of the molecule is COCCNS(=O)(=O)c1ccc(C(CC2CCCC2)C(=O)Nc2nc3ccc(Cl)nc3s2)cc1. The molecular weight excluding hydrogens is 496 g/mol. The summed E-state index contributed by atoms with van der Waals surface area (Å²) in [5.41, 5.74) is 1.45. The summed E-state index contributed by atoms with van der Waals surface area (Å²) in [5.74, 6) is -0.110. The molecule has 11 heteroatoms. The minimum atomic E-state index is -3.64. The minimum absolute atomic E-state index is 0.154. The second-order valence-electron chi connectivity index (χ2n) is 8.36. The molecule has 1 saturated carbocycles. The van der Waals surface area contributed by atoms with Crippen LogP contribution in [-0.4, -0.2) is 44.6 Å². The van der Waals surface area contributed by atoms with Gasteiger partial charge in [0.05, 0.1) is 17.4 Å². The monoisotopic (exact) mass is 522 g/mol. The van der Waals surface area contributed by atoms with Gasteiger partial charge in [-0.1, -0.05) is 60.8 Å². The molecule has 1 aliphatic carbocycles. The second kappa shape index (κ2) is 11.1. The van der Waals surface area contributed by atoms with Gasteiger partial charge in [-0.15, -0.1) is 0 Å². The van der Waals surface area contributed by atoms with E-state index in [1.165, 1.54) is 31.3 Å². The van der Waals surface area contributed by atoms with E-state index in [0.29, 0.717) is 33.0 Å². The van der Waals surface area contributed by atoms with Gasteiger partial charge in [0.1, 0.15) is 15.5 Å². The van der Waals surface area contributed by atoms with Crippen molar-refractivity contribution in [1.82, 2.24) is 14.7 Å². The zero-order chi connectivity index (χ0) is 24.1. The number of nitrogens with one attached hydrogen (secondary N) is 2. The Morgan fingerprint density at radius 3 is 2.62 bits per heavy atom. The van der Waals surface area contributed by atoms with E-state index in [1.807, 2.05) is 0 Å². The van der Waals surface area contributed by atoms with Crippen LogP contribution in [0.3, 0.4) is 0 Å². The number of aromatic nitrogens is 2. The number of sulfonamides is 1. The second-order valence-corrected chi connectivity index (χ2v) is 11.5. The fourth-order valence-electron chi connectivity index (χ4n) is 4.26. The van der Waals surface area contributed by atoms with E-state index in [2.05, 4.69) is 20.0 Å². The van der Waals surface area contributed by atoms with Crippen molar-refractivity contribution in [2.75, 3.05) is 25.6 Å². The molecule has 0 saturated heterocycles. The number of ether oxygens (including phenoxy) is 1. The Balaban J connectivity index is 1.54. The van der Waals surface area contributed by atoms with Crippen LogP contribution in [0.1, 0.15) is 43.6 Å². The summed E-state index contributed by atoms with van der Waals surface area (Å²) < 4.78 is 32.4. The summed E-state index contributed by atoms with van der Waals surface area (Å²) in [6, 6.07) is 9.98. The summed E-state index contributed by atoms with van der Waals surface area (Å²) >= 11 is 7.24. The highest BCUT2D eigenvalue weighted by atomic mass is 35.5. The van der Waals surface area contributed by atoms with Crippen LogP contribution in [-0.2, 0) is 19.6 Å². The van der Waals surface area contributed by atoms with E-state index in [0.717, 1.165) is 18.4 Å². The van der Waals surface area contributed by atoms with Crippen LogP contribution in [0.15, 0.2) is 41.3 Å². The van der Waals surface area contributed by atoms with Crippen molar-refractivity contribution in [3.8, 4) is 0 Å².